The average Bonchev–Trinajstić information content (AvgIpc) is 3.24. The number of hydrogen-bond donors (Lipinski definition) is 3. The van der Waals surface area contributed by atoms with Gasteiger partial charge in [0.2, 0.25) is 0 Å². The number of carbonyl (C=O) groups excluding carboxylic acids is 1. The largest absolute Gasteiger partial charge is 0.506 e. The molecule has 0 saturated heterocycles. The van der Waals surface area contributed by atoms with Crippen molar-refractivity contribution in [3.63, 3.8) is 0 Å². The van der Waals surface area contributed by atoms with E-state index in [1.165, 1.54) is 30.3 Å². The van der Waals surface area contributed by atoms with Crippen LogP contribution in [-0.2, 0) is 10.0 Å². The van der Waals surface area contributed by atoms with Crippen LogP contribution in [0.5, 0.6) is 5.75 Å². The topological polar surface area (TPSA) is 108 Å². The molecule has 1 heterocycles. The Kier molecular flexibility index (Phi) is 6.67. The van der Waals surface area contributed by atoms with Crippen LogP contribution in [0.4, 0.5) is 5.69 Å². The zero-order chi connectivity index (χ0) is 21.9. The lowest BCUT2D eigenvalue weighted by atomic mass is 10.1. The first-order chi connectivity index (χ1) is 14.2. The van der Waals surface area contributed by atoms with Gasteiger partial charge in [-0.05, 0) is 42.6 Å². The molecule has 156 valence electrons. The molecule has 0 saturated carbocycles. The number of benzene rings is 2. The molecule has 11 heteroatoms. The second-order valence-corrected chi connectivity index (χ2v) is 9.71. The van der Waals surface area contributed by atoms with E-state index in [1.54, 1.807) is 30.5 Å². The molecule has 0 aliphatic carbocycles. The number of sulfonamides is 1. The monoisotopic (exact) mass is 483 g/mol. The van der Waals surface area contributed by atoms with E-state index in [9.17, 15) is 18.3 Å². The fourth-order valence-corrected chi connectivity index (χ4v) is 5.04. The molecule has 0 aliphatic heterocycles. The van der Waals surface area contributed by atoms with E-state index in [2.05, 4.69) is 15.2 Å². The maximum absolute atomic E-state index is 12.6. The second-order valence-electron chi connectivity index (χ2n) is 6.01. The quantitative estimate of drug-likeness (QED) is 0.348. The third-order valence-corrected chi connectivity index (χ3v) is 7.19. The Labute approximate surface area is 187 Å². The first kappa shape index (κ1) is 22.1. The van der Waals surface area contributed by atoms with Gasteiger partial charge >= 0.3 is 0 Å². The number of nitrogens with zero attached hydrogens (tertiary/aromatic N) is 1. The van der Waals surface area contributed by atoms with E-state index < -0.39 is 15.9 Å². The van der Waals surface area contributed by atoms with Gasteiger partial charge in [-0.2, -0.15) is 5.10 Å². The van der Waals surface area contributed by atoms with Crippen LogP contribution in [-0.4, -0.2) is 25.1 Å². The summed E-state index contributed by atoms with van der Waals surface area (Å²) in [6.45, 7) is 1.55. The van der Waals surface area contributed by atoms with Crippen molar-refractivity contribution in [3.05, 3.63) is 75.1 Å². The van der Waals surface area contributed by atoms with E-state index in [4.69, 9.17) is 23.2 Å². The minimum absolute atomic E-state index is 0.0479. The predicted molar refractivity (Wildman–Crippen MR) is 119 cm³/mol. The van der Waals surface area contributed by atoms with Gasteiger partial charge in [-0.15, -0.1) is 11.3 Å². The zero-order valence-electron chi connectivity index (χ0n) is 15.4. The number of para-hydroxylation sites is 1. The molecular weight excluding hydrogens is 469 g/mol. The van der Waals surface area contributed by atoms with Gasteiger partial charge in [0, 0.05) is 10.6 Å². The molecule has 0 radical (unpaired) electrons. The van der Waals surface area contributed by atoms with Gasteiger partial charge in [0.25, 0.3) is 15.9 Å². The minimum atomic E-state index is -3.83. The van der Waals surface area contributed by atoms with Crippen molar-refractivity contribution in [2.45, 2.75) is 11.1 Å². The van der Waals surface area contributed by atoms with Crippen molar-refractivity contribution in [1.82, 2.24) is 5.43 Å². The molecule has 0 fully saturated rings. The summed E-state index contributed by atoms with van der Waals surface area (Å²) in [5.74, 6) is -0.868. The van der Waals surface area contributed by atoms with Crippen molar-refractivity contribution in [3.8, 4) is 5.75 Å². The Morgan fingerprint density at radius 3 is 2.53 bits per heavy atom. The average molecular weight is 484 g/mol. The number of thiophene rings is 1. The molecule has 0 spiro atoms. The van der Waals surface area contributed by atoms with Crippen LogP contribution >= 0.6 is 34.5 Å². The highest BCUT2D eigenvalue weighted by molar-refractivity contribution is 7.94. The first-order valence-electron chi connectivity index (χ1n) is 8.37. The Morgan fingerprint density at radius 1 is 1.10 bits per heavy atom. The standard InChI is InChI=1S/C19H15Cl2N3O4S2/c1-11(14-9-12(20)10-15(21)18(14)25)22-23-19(26)13-5-2-3-6-16(13)24-30(27,28)17-7-4-8-29-17/h2-10,24-25H,1H3,(H,23,26). The summed E-state index contributed by atoms with van der Waals surface area (Å²) >= 11 is 12.9. The molecule has 1 amide bonds. The SMILES string of the molecule is CC(=NNC(=O)c1ccccc1NS(=O)(=O)c1cccs1)c1cc(Cl)cc(Cl)c1O. The van der Waals surface area contributed by atoms with Crippen LogP contribution in [0, 0.1) is 0 Å². The zero-order valence-corrected chi connectivity index (χ0v) is 18.5. The molecule has 2 aromatic carbocycles. The van der Waals surface area contributed by atoms with Crippen molar-refractivity contribution in [2.24, 2.45) is 5.10 Å². The fraction of sp³-hybridized carbons (Fsp3) is 0.0526. The molecule has 7 nitrogen and oxygen atoms in total. The number of rotatable bonds is 6. The number of halogens is 2. The van der Waals surface area contributed by atoms with Crippen LogP contribution in [0.3, 0.4) is 0 Å². The maximum Gasteiger partial charge on any atom is 0.273 e. The summed E-state index contributed by atoms with van der Waals surface area (Å²) in [7, 11) is -3.83. The maximum atomic E-state index is 12.6. The van der Waals surface area contributed by atoms with E-state index in [1.807, 2.05) is 0 Å². The van der Waals surface area contributed by atoms with E-state index in [0.717, 1.165) is 11.3 Å². The second kappa shape index (κ2) is 9.05. The van der Waals surface area contributed by atoms with E-state index in [-0.39, 0.29) is 37.5 Å². The number of hydrazone groups is 1. The van der Waals surface area contributed by atoms with Gasteiger partial charge in [-0.1, -0.05) is 41.4 Å². The van der Waals surface area contributed by atoms with Gasteiger partial charge in [0.05, 0.1) is 22.0 Å². The first-order valence-corrected chi connectivity index (χ1v) is 11.5. The summed E-state index contributed by atoms with van der Waals surface area (Å²) < 4.78 is 27.5. The molecule has 0 bridgehead atoms. The van der Waals surface area contributed by atoms with Crippen molar-refractivity contribution in [2.75, 3.05) is 4.72 Å². The lowest BCUT2D eigenvalue weighted by Crippen LogP contribution is -2.22. The number of amides is 1. The Bertz CT molecular complexity index is 1230. The molecule has 0 atom stereocenters. The van der Waals surface area contributed by atoms with E-state index >= 15 is 0 Å². The normalized spacial score (nSPS) is 11.9. The van der Waals surface area contributed by atoms with Crippen LogP contribution in [0.25, 0.3) is 0 Å². The van der Waals surface area contributed by atoms with Gasteiger partial charge in [-0.3, -0.25) is 9.52 Å². The van der Waals surface area contributed by atoms with Crippen LogP contribution in [0.15, 0.2) is 63.2 Å². The number of nitrogens with one attached hydrogen (secondary N) is 2. The fourth-order valence-electron chi connectivity index (χ4n) is 2.48. The summed E-state index contributed by atoms with van der Waals surface area (Å²) in [6, 6.07) is 12.0. The van der Waals surface area contributed by atoms with Crippen LogP contribution < -0.4 is 10.1 Å². The molecule has 3 N–H and O–H groups in total. The Balaban J connectivity index is 1.84. The predicted octanol–water partition coefficient (Wildman–Crippen LogP) is 4.72. The summed E-state index contributed by atoms with van der Waals surface area (Å²) in [5, 5.41) is 16.0. The highest BCUT2D eigenvalue weighted by Crippen LogP contribution is 2.31. The lowest BCUT2D eigenvalue weighted by Gasteiger charge is -2.11. The number of hydrogen-bond acceptors (Lipinski definition) is 6. The highest BCUT2D eigenvalue weighted by Gasteiger charge is 2.19. The van der Waals surface area contributed by atoms with Crippen molar-refractivity contribution >= 4 is 61.9 Å². The smallest absolute Gasteiger partial charge is 0.273 e. The molecule has 3 rings (SSSR count). The van der Waals surface area contributed by atoms with Gasteiger partial charge in [0.15, 0.2) is 0 Å². The lowest BCUT2D eigenvalue weighted by molar-refractivity contribution is 0.0955. The third kappa shape index (κ3) is 4.93. The number of aromatic hydroxyl groups is 1. The summed E-state index contributed by atoms with van der Waals surface area (Å²) in [5.41, 5.74) is 3.02. The van der Waals surface area contributed by atoms with E-state index in [0.29, 0.717) is 5.02 Å². The Morgan fingerprint density at radius 2 is 1.83 bits per heavy atom. The summed E-state index contributed by atoms with van der Waals surface area (Å²) in [6.07, 6.45) is 0. The molecule has 0 unspecified atom stereocenters. The molecule has 0 aliphatic rings. The molecule has 1 aromatic heterocycles. The Hall–Kier alpha value is -2.59. The van der Waals surface area contributed by atoms with Crippen LogP contribution in [0.1, 0.15) is 22.8 Å². The molecule has 30 heavy (non-hydrogen) atoms. The number of phenolic OH excluding ortho intramolecular Hbond substituents is 1. The van der Waals surface area contributed by atoms with Gasteiger partial charge < -0.3 is 5.11 Å². The van der Waals surface area contributed by atoms with Crippen molar-refractivity contribution in [1.29, 1.82) is 0 Å². The van der Waals surface area contributed by atoms with Crippen LogP contribution in [0.2, 0.25) is 10.0 Å². The third-order valence-electron chi connectivity index (χ3n) is 3.92. The van der Waals surface area contributed by atoms with Crippen molar-refractivity contribution < 1.29 is 18.3 Å². The number of phenols is 1. The van der Waals surface area contributed by atoms with Gasteiger partial charge in [0.1, 0.15) is 9.96 Å². The highest BCUT2D eigenvalue weighted by atomic mass is 35.5. The number of anilines is 1. The summed E-state index contributed by atoms with van der Waals surface area (Å²) in [4.78, 5) is 12.6. The molecule has 3 aromatic rings. The molecular formula is C19H15Cl2N3O4S2. The van der Waals surface area contributed by atoms with Gasteiger partial charge in [-0.25, -0.2) is 13.8 Å². The number of carbonyl (C=O) groups is 1. The minimum Gasteiger partial charge on any atom is -0.506 e.